The molecule has 6 heterocycles. The maximum Gasteiger partial charge on any atom is 0.343 e. The fourth-order valence-corrected chi connectivity index (χ4v) is 11.5. The maximum atomic E-state index is 15.4. The summed E-state index contributed by atoms with van der Waals surface area (Å²) in [5, 5.41) is 37.8. The fourth-order valence-electron chi connectivity index (χ4n) is 10.2. The van der Waals surface area contributed by atoms with E-state index in [0.29, 0.717) is 62.9 Å². The molecule has 0 spiro atoms. The van der Waals surface area contributed by atoms with Crippen molar-refractivity contribution >= 4 is 81.9 Å². The van der Waals surface area contributed by atoms with Gasteiger partial charge in [0.2, 0.25) is 35.4 Å². The van der Waals surface area contributed by atoms with E-state index in [0.717, 1.165) is 28.8 Å². The normalized spacial score (nSPS) is 20.6. The highest BCUT2D eigenvalue weighted by Crippen LogP contribution is 2.56. The van der Waals surface area contributed by atoms with Gasteiger partial charge in [-0.3, -0.25) is 52.8 Å². The van der Waals surface area contributed by atoms with Crippen LogP contribution < -0.4 is 42.8 Å². The summed E-state index contributed by atoms with van der Waals surface area (Å²) in [6, 6.07) is 9.54. The molecule has 4 aromatic rings. The highest BCUT2D eigenvalue weighted by Gasteiger charge is 2.66. The third kappa shape index (κ3) is 11.1. The number of cyclic esters (lactones) is 1. The number of carbonyl (C=O) groups excluding carboxylic acids is 9. The number of thioether (sulfide) groups is 1. The first-order valence-electron chi connectivity index (χ1n) is 25.0. The van der Waals surface area contributed by atoms with E-state index in [-0.39, 0.29) is 43.7 Å². The Labute approximate surface area is 451 Å². The zero-order chi connectivity index (χ0) is 56.5. The van der Waals surface area contributed by atoms with Gasteiger partial charge in [-0.1, -0.05) is 37.3 Å². The monoisotopic (exact) mass is 1110 g/mol. The average Bonchev–Trinajstić information content (AvgIpc) is 3.39. The Morgan fingerprint density at radius 1 is 0.899 bits per heavy atom. The molecule has 4 aliphatic heterocycles. The van der Waals surface area contributed by atoms with Crippen LogP contribution in [0.15, 0.2) is 59.4 Å². The van der Waals surface area contributed by atoms with Crippen LogP contribution in [0.2, 0.25) is 0 Å². The van der Waals surface area contributed by atoms with Crippen LogP contribution >= 0.6 is 11.8 Å². The molecule has 1 saturated heterocycles. The number of carboxylic acid groups (broad SMARTS) is 1. The first-order chi connectivity index (χ1) is 37.7. The number of carboxylic acids is 1. The van der Waals surface area contributed by atoms with Crippen molar-refractivity contribution < 1.29 is 72.0 Å². The summed E-state index contributed by atoms with van der Waals surface area (Å²) in [7, 11) is 0. The van der Waals surface area contributed by atoms with E-state index in [4.69, 9.17) is 19.6 Å². The Bertz CT molecular complexity index is 3360. The Morgan fingerprint density at radius 3 is 2.33 bits per heavy atom. The minimum absolute atomic E-state index is 0.0261. The van der Waals surface area contributed by atoms with E-state index < -0.39 is 138 Å². The van der Waals surface area contributed by atoms with Gasteiger partial charge in [-0.2, -0.15) is 0 Å². The molecule has 0 radical (unpaired) electrons. The lowest BCUT2D eigenvalue weighted by atomic mass is 9.81. The molecule has 79 heavy (non-hydrogen) atoms. The topological polar surface area (TPSA) is 352 Å². The number of esters is 1. The number of hydrogen-bond acceptors (Lipinski definition) is 17. The summed E-state index contributed by atoms with van der Waals surface area (Å²) in [5.41, 5.74) is 1.63. The van der Waals surface area contributed by atoms with Crippen LogP contribution in [0.25, 0.3) is 22.3 Å². The van der Waals surface area contributed by atoms with Crippen molar-refractivity contribution in [1.82, 2.24) is 51.7 Å². The van der Waals surface area contributed by atoms with Gasteiger partial charge in [0.1, 0.15) is 41.9 Å². The van der Waals surface area contributed by atoms with Gasteiger partial charge < -0.3 is 61.5 Å². The lowest BCUT2D eigenvalue weighted by Crippen LogP contribution is -2.53. The van der Waals surface area contributed by atoms with Crippen LogP contribution in [-0.2, 0) is 89.0 Å². The number of rotatable bonds is 22. The predicted molar refractivity (Wildman–Crippen MR) is 274 cm³/mol. The number of amides is 8. The number of ether oxygens (including phenoxy) is 2. The van der Waals surface area contributed by atoms with E-state index in [1.807, 2.05) is 0 Å². The van der Waals surface area contributed by atoms with E-state index >= 15 is 4.39 Å². The number of nitrogens with zero attached hydrogens (tertiary/aromatic N) is 3. The quantitative estimate of drug-likeness (QED) is 0.0121. The Morgan fingerprint density at radius 2 is 1.61 bits per heavy atom. The Balaban J connectivity index is 0.766. The van der Waals surface area contributed by atoms with Gasteiger partial charge >= 0.3 is 11.9 Å². The van der Waals surface area contributed by atoms with Gasteiger partial charge in [0.25, 0.3) is 17.4 Å². The standard InChI is InChI=1S/C52H53FN10O15S/c1-3-51(76)30-14-35-45-28(20-62(35)47(73)29(30)21-78-50(51)75)44-32(10-9-27-25(2)31(53)15-33(61-45)43(27)44)59-39(67)22-77-24-58-37(65)16-56-46(72)34(13-26-7-5-4-6-8-26)60-38(66)18-55-36(64)17-57-48(74)52(23-54-19-42(70)71)49(79-52)63-40(68)11-12-41(63)69/h4-8,11-12,14-15,32,34,49,54,76H,3,9-10,13,16-24H2,1-2H3,(H,55,64)(H,56,72)(H,57,74)(H,58,65)(H,59,67)(H,60,66)(H,70,71)/t32-,34-,49?,51-,52-/m0/s1. The molecule has 1 unspecified atom stereocenters. The predicted octanol–water partition coefficient (Wildman–Crippen LogP) is -1.79. The summed E-state index contributed by atoms with van der Waals surface area (Å²) in [5.74, 6) is -8.36. The molecular formula is C52H53FN10O15S. The number of benzene rings is 2. The van der Waals surface area contributed by atoms with Crippen LogP contribution in [0.5, 0.6) is 0 Å². The zero-order valence-corrected chi connectivity index (χ0v) is 43.3. The lowest BCUT2D eigenvalue weighted by Gasteiger charge is -2.31. The molecule has 9 rings (SSSR count). The Kier molecular flexibility index (Phi) is 15.8. The van der Waals surface area contributed by atoms with Gasteiger partial charge in [-0.15, -0.1) is 11.8 Å². The molecule has 2 aromatic heterocycles. The average molecular weight is 1110 g/mol. The first-order valence-corrected chi connectivity index (χ1v) is 25.9. The summed E-state index contributed by atoms with van der Waals surface area (Å²) in [6.45, 7) is -0.676. The molecule has 25 nitrogen and oxygen atoms in total. The third-order valence-corrected chi connectivity index (χ3v) is 15.9. The van der Waals surface area contributed by atoms with Gasteiger partial charge in [0.15, 0.2) is 5.60 Å². The summed E-state index contributed by atoms with van der Waals surface area (Å²) in [4.78, 5) is 147. The molecule has 9 N–H and O–H groups in total. The second kappa shape index (κ2) is 22.5. The van der Waals surface area contributed by atoms with Crippen LogP contribution in [0, 0.1) is 12.7 Å². The van der Waals surface area contributed by atoms with Crippen LogP contribution in [0.1, 0.15) is 64.8 Å². The largest absolute Gasteiger partial charge is 0.480 e. The number of fused-ring (bicyclic) bond motifs is 5. The van der Waals surface area contributed by atoms with E-state index in [1.165, 1.54) is 10.6 Å². The van der Waals surface area contributed by atoms with Crippen molar-refractivity contribution in [2.45, 2.75) is 80.5 Å². The van der Waals surface area contributed by atoms with Crippen LogP contribution in [0.4, 0.5) is 4.39 Å². The molecule has 8 amide bonds. The minimum atomic E-state index is -2.07. The number of carbonyl (C=O) groups is 10. The smallest absolute Gasteiger partial charge is 0.343 e. The van der Waals surface area contributed by atoms with Crippen molar-refractivity contribution in [3.05, 3.63) is 110 Å². The highest BCUT2D eigenvalue weighted by molar-refractivity contribution is 8.09. The molecule has 0 saturated carbocycles. The molecule has 1 aliphatic carbocycles. The number of nitrogens with one attached hydrogen (secondary N) is 7. The van der Waals surface area contributed by atoms with Crippen LogP contribution in [-0.4, -0.2) is 146 Å². The number of pyridine rings is 2. The van der Waals surface area contributed by atoms with Crippen molar-refractivity contribution in [3.63, 3.8) is 0 Å². The zero-order valence-electron chi connectivity index (χ0n) is 42.5. The van der Waals surface area contributed by atoms with Gasteiger partial charge in [-0.05, 0) is 54.5 Å². The van der Waals surface area contributed by atoms with Crippen molar-refractivity contribution in [1.29, 1.82) is 0 Å². The summed E-state index contributed by atoms with van der Waals surface area (Å²) >= 11 is 0.917. The number of imide groups is 1. The number of hydrogen-bond donors (Lipinski definition) is 9. The number of aliphatic hydroxyl groups is 1. The summed E-state index contributed by atoms with van der Waals surface area (Å²) < 4.78 is 26.0. The second-order valence-electron chi connectivity index (χ2n) is 19.3. The first kappa shape index (κ1) is 55.4. The molecule has 5 aliphatic rings. The van der Waals surface area contributed by atoms with Crippen LogP contribution in [0.3, 0.4) is 0 Å². The van der Waals surface area contributed by atoms with E-state index in [2.05, 4.69) is 37.2 Å². The Hall–Kier alpha value is -8.40. The molecule has 414 valence electrons. The molecular weight excluding hydrogens is 1060 g/mol. The highest BCUT2D eigenvalue weighted by atomic mass is 32.2. The van der Waals surface area contributed by atoms with E-state index in [1.54, 1.807) is 50.2 Å². The SMILES string of the molecule is CC[C@@]1(O)C(=O)OCc2c1cc1n(c2=O)Cc2c-1nc1cc(F)c(C)c3c1c2[C@@H](NC(=O)COCNC(=O)CNC(=O)[C@H](Cc1ccccc1)NC(=O)CNC(=O)CNC(=O)[C@]1(CNCC(=O)O)SC1N1C(=O)C=CC1=O)CC3. The molecule has 2 aromatic carbocycles. The van der Waals surface area contributed by atoms with Crippen molar-refractivity contribution in [2.24, 2.45) is 0 Å². The second-order valence-corrected chi connectivity index (χ2v) is 20.7. The van der Waals surface area contributed by atoms with Gasteiger partial charge in [0.05, 0.1) is 61.2 Å². The van der Waals surface area contributed by atoms with Crippen molar-refractivity contribution in [3.8, 4) is 11.4 Å². The molecule has 5 atom stereocenters. The molecule has 27 heteroatoms. The maximum absolute atomic E-state index is 15.4. The number of aryl methyl sites for hydroxylation is 1. The number of aromatic nitrogens is 2. The third-order valence-electron chi connectivity index (χ3n) is 14.3. The van der Waals surface area contributed by atoms with E-state index in [9.17, 15) is 57.8 Å². The number of halogens is 1. The lowest BCUT2D eigenvalue weighted by molar-refractivity contribution is -0.172. The fraction of sp³-hybridized carbons (Fsp3) is 0.385. The minimum Gasteiger partial charge on any atom is -0.480 e. The number of aliphatic carboxylic acids is 1. The summed E-state index contributed by atoms with van der Waals surface area (Å²) in [6.07, 6.45) is 2.71. The van der Waals surface area contributed by atoms with Gasteiger partial charge in [-0.25, -0.2) is 14.2 Å². The molecule has 1 fully saturated rings. The van der Waals surface area contributed by atoms with Gasteiger partial charge in [0, 0.05) is 47.7 Å². The molecule has 0 bridgehead atoms. The van der Waals surface area contributed by atoms with Crippen molar-refractivity contribution in [2.75, 3.05) is 46.1 Å².